The molecular weight excluding hydrogens is 183 g/mol. The fourth-order valence-corrected chi connectivity index (χ4v) is 0.253. The molecule has 0 spiro atoms. The van der Waals surface area contributed by atoms with Gasteiger partial charge in [0.15, 0.2) is 0 Å². The molecule has 1 rings (SSSR count). The van der Waals surface area contributed by atoms with Crippen LogP contribution in [0.1, 0.15) is 0 Å². The van der Waals surface area contributed by atoms with Crippen LogP contribution in [0.2, 0.25) is 0 Å². The molecule has 1 aromatic heterocycles. The summed E-state index contributed by atoms with van der Waals surface area (Å²) >= 11 is 0. The summed E-state index contributed by atoms with van der Waals surface area (Å²) in [4.78, 5) is 22.8. The Morgan fingerprint density at radius 2 is 1.75 bits per heavy atom. The molecule has 0 aliphatic rings. The smallest absolute Gasteiger partial charge is 0.303 e. The van der Waals surface area contributed by atoms with Crippen LogP contribution in [0.25, 0.3) is 0 Å². The van der Waals surface area contributed by atoms with E-state index in [1.807, 2.05) is 0 Å². The first kappa shape index (κ1) is 11.2. The van der Waals surface area contributed by atoms with Crippen LogP contribution in [-0.2, 0) is 9.09 Å². The minimum Gasteiger partial charge on any atom is -0.303 e. The molecular formula is C5H9N2O4P. The largest absolute Gasteiger partial charge is 0.469 e. The van der Waals surface area contributed by atoms with E-state index in [4.69, 9.17) is 9.79 Å². The van der Waals surface area contributed by atoms with Gasteiger partial charge in [0.2, 0.25) is 0 Å². The lowest BCUT2D eigenvalue weighted by molar-refractivity contribution is 0.235. The summed E-state index contributed by atoms with van der Waals surface area (Å²) in [5.74, 6) is 0. The van der Waals surface area contributed by atoms with Crippen LogP contribution in [-0.4, -0.2) is 26.9 Å². The Labute approximate surface area is 69.5 Å². The Kier molecular flexibility index (Phi) is 5.40. The van der Waals surface area contributed by atoms with Gasteiger partial charge in [-0.1, -0.05) is 0 Å². The molecule has 0 atom stereocenters. The molecule has 2 N–H and O–H groups in total. The van der Waals surface area contributed by atoms with E-state index < -0.39 is 7.82 Å². The first-order chi connectivity index (χ1) is 5.56. The molecule has 1 heterocycles. The summed E-state index contributed by atoms with van der Waals surface area (Å²) < 4.78 is 13.1. The molecule has 0 bridgehead atoms. The minimum atomic E-state index is -4.15. The highest BCUT2D eigenvalue weighted by molar-refractivity contribution is 7.46. The van der Waals surface area contributed by atoms with Crippen molar-refractivity contribution in [2.45, 2.75) is 0 Å². The highest BCUT2D eigenvalue weighted by atomic mass is 31.2. The summed E-state index contributed by atoms with van der Waals surface area (Å²) in [5, 5.41) is 0. The Morgan fingerprint density at radius 3 is 1.83 bits per heavy atom. The quantitative estimate of drug-likeness (QED) is 0.617. The molecule has 1 aromatic rings. The lowest BCUT2D eigenvalue weighted by atomic mass is 10.7. The monoisotopic (exact) mass is 192 g/mol. The van der Waals surface area contributed by atoms with E-state index in [0.717, 1.165) is 7.11 Å². The zero-order valence-electron chi connectivity index (χ0n) is 6.36. The van der Waals surface area contributed by atoms with E-state index in [0.29, 0.717) is 0 Å². The second kappa shape index (κ2) is 5.79. The molecule has 0 saturated heterocycles. The van der Waals surface area contributed by atoms with Gasteiger partial charge in [-0.05, 0) is 6.07 Å². The second-order valence-electron chi connectivity index (χ2n) is 1.58. The predicted molar refractivity (Wildman–Crippen MR) is 41.1 cm³/mol. The van der Waals surface area contributed by atoms with E-state index in [9.17, 15) is 4.57 Å². The molecule has 0 aromatic carbocycles. The SMILES string of the molecule is COP(=O)(O)O.c1cncnc1. The minimum absolute atomic E-state index is 0.945. The van der Waals surface area contributed by atoms with Gasteiger partial charge < -0.3 is 9.79 Å². The number of phosphoric acid groups is 1. The lowest BCUT2D eigenvalue weighted by Crippen LogP contribution is -1.76. The highest BCUT2D eigenvalue weighted by Gasteiger charge is 2.07. The van der Waals surface area contributed by atoms with E-state index >= 15 is 0 Å². The Bertz CT molecular complexity index is 210. The maximum Gasteiger partial charge on any atom is 0.469 e. The molecule has 6 nitrogen and oxygen atoms in total. The van der Waals surface area contributed by atoms with Crippen LogP contribution in [0.5, 0.6) is 0 Å². The summed E-state index contributed by atoms with van der Waals surface area (Å²) in [6.07, 6.45) is 4.88. The van der Waals surface area contributed by atoms with Gasteiger partial charge in [0.25, 0.3) is 0 Å². The van der Waals surface area contributed by atoms with Crippen molar-refractivity contribution < 1.29 is 18.9 Å². The van der Waals surface area contributed by atoms with Crippen molar-refractivity contribution in [3.63, 3.8) is 0 Å². The fraction of sp³-hybridized carbons (Fsp3) is 0.200. The van der Waals surface area contributed by atoms with Crippen molar-refractivity contribution in [3.8, 4) is 0 Å². The molecule has 0 saturated carbocycles. The van der Waals surface area contributed by atoms with Crippen molar-refractivity contribution in [1.29, 1.82) is 0 Å². The first-order valence-corrected chi connectivity index (χ1v) is 4.40. The Balaban J connectivity index is 0.000000202. The standard InChI is InChI=1S/C4H4N2.CH5O4P/c1-2-5-4-6-3-1;1-5-6(2,3)4/h1-4H;1H3,(H2,2,3,4). The van der Waals surface area contributed by atoms with Crippen molar-refractivity contribution in [2.24, 2.45) is 0 Å². The number of nitrogens with zero attached hydrogens (tertiary/aromatic N) is 2. The number of aromatic nitrogens is 2. The zero-order valence-corrected chi connectivity index (χ0v) is 7.26. The third kappa shape index (κ3) is 9.19. The number of phosphoric ester groups is 1. The summed E-state index contributed by atoms with van der Waals surface area (Å²) in [6, 6.07) is 1.78. The zero-order chi connectivity index (χ0) is 9.45. The molecule has 12 heavy (non-hydrogen) atoms. The number of rotatable bonds is 1. The topological polar surface area (TPSA) is 92.5 Å². The van der Waals surface area contributed by atoms with Crippen molar-refractivity contribution >= 4 is 7.82 Å². The molecule has 0 fully saturated rings. The fourth-order valence-electron chi connectivity index (χ4n) is 0.253. The maximum absolute atomic E-state index is 9.47. The molecule has 0 aliphatic carbocycles. The van der Waals surface area contributed by atoms with Gasteiger partial charge in [0.05, 0.1) is 0 Å². The maximum atomic E-state index is 9.47. The van der Waals surface area contributed by atoms with Gasteiger partial charge in [-0.25, -0.2) is 14.5 Å². The van der Waals surface area contributed by atoms with Crippen molar-refractivity contribution in [1.82, 2.24) is 9.97 Å². The normalized spacial score (nSPS) is 9.92. The third-order valence-electron chi connectivity index (χ3n) is 0.715. The second-order valence-corrected chi connectivity index (χ2v) is 2.92. The van der Waals surface area contributed by atoms with E-state index in [1.165, 1.54) is 6.33 Å². The number of hydrogen-bond donors (Lipinski definition) is 2. The molecule has 0 amide bonds. The van der Waals surface area contributed by atoms with Crippen LogP contribution in [0, 0.1) is 0 Å². The van der Waals surface area contributed by atoms with Gasteiger partial charge in [0, 0.05) is 19.5 Å². The predicted octanol–water partition coefficient (Wildman–Crippen LogP) is 0.202. The van der Waals surface area contributed by atoms with Crippen LogP contribution in [0.3, 0.4) is 0 Å². The molecule has 0 radical (unpaired) electrons. The summed E-state index contributed by atoms with van der Waals surface area (Å²) in [6.45, 7) is 0. The Morgan fingerprint density at radius 1 is 1.33 bits per heavy atom. The Hall–Kier alpha value is -0.810. The highest BCUT2D eigenvalue weighted by Crippen LogP contribution is 2.33. The van der Waals surface area contributed by atoms with Gasteiger partial charge in [0.1, 0.15) is 6.33 Å². The van der Waals surface area contributed by atoms with Gasteiger partial charge in [-0.2, -0.15) is 0 Å². The van der Waals surface area contributed by atoms with E-state index in [1.54, 1.807) is 18.5 Å². The van der Waals surface area contributed by atoms with Gasteiger partial charge in [-0.3, -0.25) is 4.52 Å². The van der Waals surface area contributed by atoms with Crippen LogP contribution in [0.15, 0.2) is 24.8 Å². The summed E-state index contributed by atoms with van der Waals surface area (Å²) in [5.41, 5.74) is 0. The third-order valence-corrected chi connectivity index (χ3v) is 1.19. The van der Waals surface area contributed by atoms with Crippen LogP contribution < -0.4 is 0 Å². The van der Waals surface area contributed by atoms with E-state index in [-0.39, 0.29) is 0 Å². The van der Waals surface area contributed by atoms with Crippen molar-refractivity contribution in [3.05, 3.63) is 24.8 Å². The first-order valence-electron chi connectivity index (χ1n) is 2.87. The van der Waals surface area contributed by atoms with E-state index in [2.05, 4.69) is 14.5 Å². The molecule has 7 heteroatoms. The number of hydrogen-bond acceptors (Lipinski definition) is 4. The van der Waals surface area contributed by atoms with Crippen LogP contribution in [0.4, 0.5) is 0 Å². The average molecular weight is 192 g/mol. The molecule has 0 aliphatic heterocycles. The van der Waals surface area contributed by atoms with Gasteiger partial charge >= 0.3 is 7.82 Å². The van der Waals surface area contributed by atoms with Crippen LogP contribution >= 0.6 is 7.82 Å². The van der Waals surface area contributed by atoms with Crippen molar-refractivity contribution in [2.75, 3.05) is 7.11 Å². The molecule has 0 unspecified atom stereocenters. The molecule has 68 valence electrons. The average Bonchev–Trinajstić information content (AvgIpc) is 2.07. The summed E-state index contributed by atoms with van der Waals surface area (Å²) in [7, 11) is -3.20. The lowest BCUT2D eigenvalue weighted by Gasteiger charge is -1.93. The van der Waals surface area contributed by atoms with Gasteiger partial charge in [-0.15, -0.1) is 0 Å².